The van der Waals surface area contributed by atoms with Crippen molar-refractivity contribution >= 4 is 45.9 Å². The van der Waals surface area contributed by atoms with Crippen LogP contribution in [0.4, 0.5) is 15.8 Å². The molecule has 0 saturated carbocycles. The molecule has 1 N–H and O–H groups in total. The fourth-order valence-corrected chi connectivity index (χ4v) is 3.99. The lowest BCUT2D eigenvalue weighted by atomic mass is 10.1. The molecule has 2 amide bonds. The highest BCUT2D eigenvalue weighted by Gasteiger charge is 2.29. The zero-order valence-corrected chi connectivity index (χ0v) is 18.4. The Hall–Kier alpha value is -4.52. The second-order valence-electron chi connectivity index (χ2n) is 7.98. The van der Waals surface area contributed by atoms with Gasteiger partial charge in [0.15, 0.2) is 0 Å². The SMILES string of the molecule is CC1=NN(c2ccccc2)C(=O)/C1=C/c1cn(CC(=O)Nc2ccc(F)cc2)c2ccccc12. The molecule has 0 bridgehead atoms. The largest absolute Gasteiger partial charge is 0.337 e. The molecule has 3 aromatic carbocycles. The highest BCUT2D eigenvalue weighted by atomic mass is 19.1. The number of carbonyl (C=O) groups is 2. The summed E-state index contributed by atoms with van der Waals surface area (Å²) < 4.78 is 15.0. The molecule has 6 nitrogen and oxygen atoms in total. The molecule has 0 fully saturated rings. The van der Waals surface area contributed by atoms with Gasteiger partial charge in [-0.05, 0) is 55.5 Å². The van der Waals surface area contributed by atoms with E-state index in [0.29, 0.717) is 22.7 Å². The molecular weight excluding hydrogens is 431 g/mol. The smallest absolute Gasteiger partial charge is 0.280 e. The minimum atomic E-state index is -0.363. The molecule has 1 aliphatic heterocycles. The molecule has 0 atom stereocenters. The molecule has 4 aromatic rings. The van der Waals surface area contributed by atoms with Crippen molar-refractivity contribution in [2.24, 2.45) is 5.10 Å². The van der Waals surface area contributed by atoms with Crippen LogP contribution in [0.2, 0.25) is 0 Å². The quantitative estimate of drug-likeness (QED) is 0.422. The average Bonchev–Trinajstić information content (AvgIpc) is 3.33. The van der Waals surface area contributed by atoms with Crippen LogP contribution >= 0.6 is 0 Å². The maximum atomic E-state index is 13.1. The van der Waals surface area contributed by atoms with Crippen molar-refractivity contribution in [2.45, 2.75) is 13.5 Å². The molecule has 168 valence electrons. The number of carbonyl (C=O) groups excluding carboxylic acids is 2. The van der Waals surface area contributed by atoms with Gasteiger partial charge in [0.2, 0.25) is 5.91 Å². The number of rotatable bonds is 5. The number of fused-ring (bicyclic) bond motifs is 1. The van der Waals surface area contributed by atoms with Gasteiger partial charge >= 0.3 is 0 Å². The molecule has 0 radical (unpaired) electrons. The Bertz CT molecular complexity index is 1450. The number of anilines is 2. The molecule has 5 rings (SSSR count). The zero-order chi connectivity index (χ0) is 23.7. The van der Waals surface area contributed by atoms with Crippen LogP contribution in [0.5, 0.6) is 0 Å². The number of amides is 2. The minimum Gasteiger partial charge on any atom is -0.337 e. The van der Waals surface area contributed by atoms with Crippen molar-refractivity contribution in [3.63, 3.8) is 0 Å². The number of nitrogens with zero attached hydrogens (tertiary/aromatic N) is 3. The van der Waals surface area contributed by atoms with Crippen LogP contribution in [0.25, 0.3) is 17.0 Å². The first kappa shape index (κ1) is 21.3. The second kappa shape index (κ2) is 8.78. The van der Waals surface area contributed by atoms with Gasteiger partial charge in [-0.1, -0.05) is 36.4 Å². The van der Waals surface area contributed by atoms with Gasteiger partial charge in [-0.2, -0.15) is 10.1 Å². The topological polar surface area (TPSA) is 66.7 Å². The molecule has 0 saturated heterocycles. The second-order valence-corrected chi connectivity index (χ2v) is 7.98. The van der Waals surface area contributed by atoms with Crippen LogP contribution in [-0.4, -0.2) is 22.1 Å². The highest BCUT2D eigenvalue weighted by molar-refractivity contribution is 6.32. The number of para-hydroxylation sites is 2. The lowest BCUT2D eigenvalue weighted by Crippen LogP contribution is -2.21. The number of halogens is 1. The first-order valence-corrected chi connectivity index (χ1v) is 10.8. The monoisotopic (exact) mass is 452 g/mol. The molecule has 0 unspecified atom stereocenters. The fraction of sp³-hybridized carbons (Fsp3) is 0.0741. The first-order chi connectivity index (χ1) is 16.5. The Labute approximate surface area is 195 Å². The molecule has 7 heteroatoms. The summed E-state index contributed by atoms with van der Waals surface area (Å²) in [6.45, 7) is 1.88. The summed E-state index contributed by atoms with van der Waals surface area (Å²) in [4.78, 5) is 25.8. The predicted octanol–water partition coefficient (Wildman–Crippen LogP) is 5.23. The van der Waals surface area contributed by atoms with Crippen LogP contribution in [0.15, 0.2) is 95.7 Å². The van der Waals surface area contributed by atoms with E-state index in [1.54, 1.807) is 0 Å². The number of hydrazone groups is 1. The normalized spacial score (nSPS) is 14.6. The van der Waals surface area contributed by atoms with E-state index in [9.17, 15) is 14.0 Å². The molecule has 2 heterocycles. The predicted molar refractivity (Wildman–Crippen MR) is 132 cm³/mol. The van der Waals surface area contributed by atoms with Crippen molar-refractivity contribution in [1.82, 2.24) is 4.57 Å². The van der Waals surface area contributed by atoms with Gasteiger partial charge in [0, 0.05) is 28.4 Å². The summed E-state index contributed by atoms with van der Waals surface area (Å²) in [6, 6.07) is 22.6. The van der Waals surface area contributed by atoms with E-state index < -0.39 is 0 Å². The molecular formula is C27H21FN4O2. The standard InChI is InChI=1S/C27H21FN4O2/c1-18-24(27(34)32(30-18)22-7-3-2-4-8-22)15-19-16-31(25-10-6-5-9-23(19)25)17-26(33)29-21-13-11-20(28)12-14-21/h2-16H,17H2,1H3,(H,29,33)/b24-15+. The summed E-state index contributed by atoms with van der Waals surface area (Å²) in [5, 5.41) is 9.54. The van der Waals surface area contributed by atoms with E-state index in [1.165, 1.54) is 29.3 Å². The van der Waals surface area contributed by atoms with Crippen molar-refractivity contribution in [3.05, 3.63) is 102 Å². The Morgan fingerprint density at radius 2 is 1.71 bits per heavy atom. The molecule has 1 aromatic heterocycles. The Morgan fingerprint density at radius 3 is 2.47 bits per heavy atom. The summed E-state index contributed by atoms with van der Waals surface area (Å²) >= 11 is 0. The number of hydrogen-bond donors (Lipinski definition) is 1. The Morgan fingerprint density at radius 1 is 1.00 bits per heavy atom. The zero-order valence-electron chi connectivity index (χ0n) is 18.4. The number of aromatic nitrogens is 1. The lowest BCUT2D eigenvalue weighted by Gasteiger charge is -2.10. The number of nitrogens with one attached hydrogen (secondary N) is 1. The van der Waals surface area contributed by atoms with Crippen LogP contribution in [0, 0.1) is 5.82 Å². The highest BCUT2D eigenvalue weighted by Crippen LogP contribution is 2.28. The minimum absolute atomic E-state index is 0.0677. The van der Waals surface area contributed by atoms with Gasteiger partial charge in [-0.25, -0.2) is 4.39 Å². The molecule has 34 heavy (non-hydrogen) atoms. The van der Waals surface area contributed by atoms with Crippen molar-refractivity contribution < 1.29 is 14.0 Å². The molecule has 1 aliphatic rings. The maximum Gasteiger partial charge on any atom is 0.280 e. The van der Waals surface area contributed by atoms with Crippen LogP contribution < -0.4 is 10.3 Å². The van der Waals surface area contributed by atoms with Gasteiger partial charge in [0.05, 0.1) is 17.0 Å². The van der Waals surface area contributed by atoms with Gasteiger partial charge in [-0.15, -0.1) is 0 Å². The van der Waals surface area contributed by atoms with E-state index in [-0.39, 0.29) is 24.2 Å². The van der Waals surface area contributed by atoms with Crippen LogP contribution in [0.3, 0.4) is 0 Å². The van der Waals surface area contributed by atoms with Crippen LogP contribution in [0.1, 0.15) is 12.5 Å². The Kier molecular flexibility index (Phi) is 5.51. The summed E-state index contributed by atoms with van der Waals surface area (Å²) in [6.07, 6.45) is 3.68. The van der Waals surface area contributed by atoms with Crippen molar-refractivity contribution in [1.29, 1.82) is 0 Å². The molecule has 0 spiro atoms. The summed E-state index contributed by atoms with van der Waals surface area (Å²) in [5.41, 5.74) is 4.04. The van der Waals surface area contributed by atoms with Crippen molar-refractivity contribution in [3.8, 4) is 0 Å². The van der Waals surface area contributed by atoms with E-state index in [0.717, 1.165) is 16.5 Å². The third kappa shape index (κ3) is 4.11. The fourth-order valence-electron chi connectivity index (χ4n) is 3.99. The molecule has 0 aliphatic carbocycles. The first-order valence-electron chi connectivity index (χ1n) is 10.8. The van der Waals surface area contributed by atoms with E-state index in [4.69, 9.17) is 0 Å². The average molecular weight is 452 g/mol. The van der Waals surface area contributed by atoms with E-state index in [2.05, 4.69) is 10.4 Å². The lowest BCUT2D eigenvalue weighted by molar-refractivity contribution is -0.116. The summed E-state index contributed by atoms with van der Waals surface area (Å²) in [7, 11) is 0. The van der Waals surface area contributed by atoms with E-state index >= 15 is 0 Å². The number of benzene rings is 3. The third-order valence-corrected chi connectivity index (χ3v) is 5.62. The van der Waals surface area contributed by atoms with Gasteiger partial charge < -0.3 is 9.88 Å². The third-order valence-electron chi connectivity index (χ3n) is 5.62. The van der Waals surface area contributed by atoms with Crippen molar-refractivity contribution in [2.75, 3.05) is 10.3 Å². The van der Waals surface area contributed by atoms with E-state index in [1.807, 2.05) is 78.4 Å². The van der Waals surface area contributed by atoms with Gasteiger partial charge in [0.25, 0.3) is 5.91 Å². The number of hydrogen-bond acceptors (Lipinski definition) is 3. The van der Waals surface area contributed by atoms with Crippen LogP contribution in [-0.2, 0) is 16.1 Å². The van der Waals surface area contributed by atoms with Gasteiger partial charge in [0.1, 0.15) is 12.4 Å². The van der Waals surface area contributed by atoms with Gasteiger partial charge in [-0.3, -0.25) is 9.59 Å². The Balaban J connectivity index is 1.44. The summed E-state index contributed by atoms with van der Waals surface area (Å²) in [5.74, 6) is -0.802. The maximum absolute atomic E-state index is 13.1.